The van der Waals surface area contributed by atoms with Gasteiger partial charge in [-0.1, -0.05) is 0 Å². The number of amides is 1. The van der Waals surface area contributed by atoms with Gasteiger partial charge in [-0.25, -0.2) is 9.78 Å². The first-order valence-electron chi connectivity index (χ1n) is 9.06. The van der Waals surface area contributed by atoms with Gasteiger partial charge in [0.2, 0.25) is 5.91 Å². The van der Waals surface area contributed by atoms with Gasteiger partial charge in [-0.05, 0) is 37.6 Å². The van der Waals surface area contributed by atoms with Crippen molar-refractivity contribution in [2.45, 2.75) is 26.3 Å². The second kappa shape index (κ2) is 8.12. The fourth-order valence-corrected chi connectivity index (χ4v) is 3.00. The molecule has 2 heterocycles. The van der Waals surface area contributed by atoms with Crippen molar-refractivity contribution in [2.75, 3.05) is 11.9 Å². The predicted molar refractivity (Wildman–Crippen MR) is 106 cm³/mol. The lowest BCUT2D eigenvalue weighted by atomic mass is 10.2. The molecule has 0 aliphatic carbocycles. The Morgan fingerprint density at radius 1 is 1.14 bits per heavy atom. The van der Waals surface area contributed by atoms with Gasteiger partial charge in [-0.2, -0.15) is 0 Å². The van der Waals surface area contributed by atoms with E-state index in [9.17, 15) is 14.4 Å². The second-order valence-corrected chi connectivity index (χ2v) is 6.43. The molecule has 1 aromatic carbocycles. The van der Waals surface area contributed by atoms with Gasteiger partial charge in [0.15, 0.2) is 11.2 Å². The van der Waals surface area contributed by atoms with Crippen LogP contribution in [-0.2, 0) is 25.4 Å². The standard InChI is InChI=1S/C19H23N5O4/c1-4-28-14-9-7-13(8-10-14)21-15(25)6-5-11-24-12-20-17-16(24)18(26)23(3)19(27)22(17)2/h7-10,12H,4-6,11H2,1-3H3,(H,21,25). The number of carbonyl (C=O) groups is 1. The Bertz CT molecular complexity index is 1110. The van der Waals surface area contributed by atoms with E-state index < -0.39 is 11.2 Å². The van der Waals surface area contributed by atoms with E-state index >= 15 is 0 Å². The van der Waals surface area contributed by atoms with E-state index in [0.717, 1.165) is 10.3 Å². The lowest BCUT2D eigenvalue weighted by Gasteiger charge is -2.08. The molecular weight excluding hydrogens is 362 g/mol. The number of carbonyl (C=O) groups excluding carboxylic acids is 1. The number of rotatable bonds is 7. The number of nitrogens with zero attached hydrogens (tertiary/aromatic N) is 4. The van der Waals surface area contributed by atoms with Crippen LogP contribution in [0.15, 0.2) is 40.2 Å². The molecule has 0 aliphatic heterocycles. The average molecular weight is 385 g/mol. The molecular formula is C19H23N5O4. The van der Waals surface area contributed by atoms with Crippen LogP contribution in [0.3, 0.4) is 0 Å². The Hall–Kier alpha value is -3.36. The summed E-state index contributed by atoms with van der Waals surface area (Å²) >= 11 is 0. The molecule has 0 unspecified atom stereocenters. The van der Waals surface area contributed by atoms with Gasteiger partial charge in [-0.15, -0.1) is 0 Å². The summed E-state index contributed by atoms with van der Waals surface area (Å²) < 4.78 is 9.45. The summed E-state index contributed by atoms with van der Waals surface area (Å²) in [4.78, 5) is 40.7. The monoisotopic (exact) mass is 385 g/mol. The van der Waals surface area contributed by atoms with Crippen molar-refractivity contribution >= 4 is 22.8 Å². The van der Waals surface area contributed by atoms with Gasteiger partial charge < -0.3 is 14.6 Å². The lowest BCUT2D eigenvalue weighted by Crippen LogP contribution is -2.37. The molecule has 0 bridgehead atoms. The van der Waals surface area contributed by atoms with E-state index in [1.54, 1.807) is 35.9 Å². The second-order valence-electron chi connectivity index (χ2n) is 6.43. The molecule has 0 spiro atoms. The van der Waals surface area contributed by atoms with Crippen molar-refractivity contribution in [2.24, 2.45) is 14.1 Å². The summed E-state index contributed by atoms with van der Waals surface area (Å²) in [5.41, 5.74) is 0.584. The van der Waals surface area contributed by atoms with Gasteiger partial charge in [0.1, 0.15) is 5.75 Å². The van der Waals surface area contributed by atoms with Gasteiger partial charge >= 0.3 is 5.69 Å². The van der Waals surface area contributed by atoms with Crippen molar-refractivity contribution in [3.63, 3.8) is 0 Å². The third-order valence-electron chi connectivity index (χ3n) is 4.47. The van der Waals surface area contributed by atoms with E-state index in [4.69, 9.17) is 4.74 Å². The molecule has 3 rings (SSSR count). The number of anilines is 1. The van der Waals surface area contributed by atoms with Crippen LogP contribution >= 0.6 is 0 Å². The fraction of sp³-hybridized carbons (Fsp3) is 0.368. The van der Waals surface area contributed by atoms with Crippen LogP contribution in [0.4, 0.5) is 5.69 Å². The molecule has 0 fully saturated rings. The molecule has 1 amide bonds. The number of aryl methyl sites for hydroxylation is 2. The highest BCUT2D eigenvalue weighted by Gasteiger charge is 2.14. The first-order valence-corrected chi connectivity index (χ1v) is 9.06. The molecule has 0 saturated heterocycles. The van der Waals surface area contributed by atoms with Crippen molar-refractivity contribution in [3.8, 4) is 5.75 Å². The Balaban J connectivity index is 1.63. The van der Waals surface area contributed by atoms with Crippen molar-refractivity contribution in [3.05, 3.63) is 51.4 Å². The number of hydrogen-bond acceptors (Lipinski definition) is 5. The average Bonchev–Trinajstić information content (AvgIpc) is 3.10. The van der Waals surface area contributed by atoms with Crippen LogP contribution < -0.4 is 21.3 Å². The molecule has 148 valence electrons. The van der Waals surface area contributed by atoms with E-state index in [1.807, 2.05) is 6.92 Å². The van der Waals surface area contributed by atoms with Crippen molar-refractivity contribution in [1.29, 1.82) is 0 Å². The number of hydrogen-bond donors (Lipinski definition) is 1. The number of fused-ring (bicyclic) bond motifs is 1. The highest BCUT2D eigenvalue weighted by Crippen LogP contribution is 2.16. The Morgan fingerprint density at radius 2 is 1.86 bits per heavy atom. The molecule has 9 nitrogen and oxygen atoms in total. The highest BCUT2D eigenvalue weighted by atomic mass is 16.5. The lowest BCUT2D eigenvalue weighted by molar-refractivity contribution is -0.116. The normalized spacial score (nSPS) is 11.0. The minimum atomic E-state index is -0.419. The summed E-state index contributed by atoms with van der Waals surface area (Å²) in [6.07, 6.45) is 2.34. The van der Waals surface area contributed by atoms with Crippen LogP contribution in [0, 0.1) is 0 Å². The maximum absolute atomic E-state index is 12.4. The maximum atomic E-state index is 12.4. The third kappa shape index (κ3) is 3.83. The van der Waals surface area contributed by atoms with Gasteiger partial charge in [-0.3, -0.25) is 18.7 Å². The van der Waals surface area contributed by atoms with Crippen molar-refractivity contribution < 1.29 is 9.53 Å². The number of aromatic nitrogens is 4. The molecule has 1 N–H and O–H groups in total. The van der Waals surface area contributed by atoms with Crippen molar-refractivity contribution in [1.82, 2.24) is 18.7 Å². The predicted octanol–water partition coefficient (Wildman–Crippen LogP) is 1.25. The third-order valence-corrected chi connectivity index (χ3v) is 4.47. The summed E-state index contributed by atoms with van der Waals surface area (Å²) in [5.74, 6) is 0.636. The molecule has 9 heteroatoms. The van der Waals surface area contributed by atoms with E-state index in [1.165, 1.54) is 17.9 Å². The molecule has 0 aliphatic rings. The minimum absolute atomic E-state index is 0.117. The molecule has 0 atom stereocenters. The van der Waals surface area contributed by atoms with E-state index in [2.05, 4.69) is 10.3 Å². The summed E-state index contributed by atoms with van der Waals surface area (Å²) in [6, 6.07) is 7.18. The Kier molecular flexibility index (Phi) is 5.62. The summed E-state index contributed by atoms with van der Waals surface area (Å²) in [6.45, 7) is 2.95. The minimum Gasteiger partial charge on any atom is -0.494 e. The fourth-order valence-electron chi connectivity index (χ4n) is 3.00. The number of imidazole rings is 1. The number of ether oxygens (including phenoxy) is 1. The van der Waals surface area contributed by atoms with Gasteiger partial charge in [0.25, 0.3) is 5.56 Å². The van der Waals surface area contributed by atoms with Gasteiger partial charge in [0, 0.05) is 32.7 Å². The van der Waals surface area contributed by atoms with Gasteiger partial charge in [0.05, 0.1) is 12.9 Å². The Labute approximate surface area is 161 Å². The SMILES string of the molecule is CCOc1ccc(NC(=O)CCCn2cnc3c2c(=O)n(C)c(=O)n3C)cc1. The largest absolute Gasteiger partial charge is 0.494 e. The first kappa shape index (κ1) is 19.4. The zero-order valence-corrected chi connectivity index (χ0v) is 16.1. The molecule has 2 aromatic heterocycles. The molecule has 0 radical (unpaired) electrons. The highest BCUT2D eigenvalue weighted by molar-refractivity contribution is 5.90. The van der Waals surface area contributed by atoms with Crippen LogP contribution in [0.25, 0.3) is 11.2 Å². The first-order chi connectivity index (χ1) is 13.4. The van der Waals surface area contributed by atoms with Crippen LogP contribution in [0.5, 0.6) is 5.75 Å². The topological polar surface area (TPSA) is 100 Å². The van der Waals surface area contributed by atoms with Crippen LogP contribution in [0.2, 0.25) is 0 Å². The smallest absolute Gasteiger partial charge is 0.332 e. The zero-order chi connectivity index (χ0) is 20.3. The van der Waals surface area contributed by atoms with E-state index in [0.29, 0.717) is 42.8 Å². The van der Waals surface area contributed by atoms with Crippen LogP contribution in [-0.4, -0.2) is 31.2 Å². The number of nitrogens with one attached hydrogen (secondary N) is 1. The summed E-state index contributed by atoms with van der Waals surface area (Å²) in [7, 11) is 3.01. The quantitative estimate of drug-likeness (QED) is 0.660. The van der Waals surface area contributed by atoms with E-state index in [-0.39, 0.29) is 5.91 Å². The maximum Gasteiger partial charge on any atom is 0.332 e. The molecule has 0 saturated carbocycles. The number of benzene rings is 1. The molecule has 3 aromatic rings. The summed E-state index contributed by atoms with van der Waals surface area (Å²) in [5, 5.41) is 2.83. The zero-order valence-electron chi connectivity index (χ0n) is 16.1. The Morgan fingerprint density at radius 3 is 2.54 bits per heavy atom. The van der Waals surface area contributed by atoms with Crippen LogP contribution in [0.1, 0.15) is 19.8 Å². The molecule has 28 heavy (non-hydrogen) atoms.